The number of nitrogens with one attached hydrogen (secondary N) is 1. The molecule has 23 heavy (non-hydrogen) atoms. The minimum absolute atomic E-state index is 0.00178. The predicted molar refractivity (Wildman–Crippen MR) is 78.0 cm³/mol. The number of H-pyrrole nitrogens is 1. The summed E-state index contributed by atoms with van der Waals surface area (Å²) in [6, 6.07) is 4.22. The Bertz CT molecular complexity index is 706. The van der Waals surface area contributed by atoms with Gasteiger partial charge in [0.05, 0.1) is 17.6 Å². The monoisotopic (exact) mass is 325 g/mol. The van der Waals surface area contributed by atoms with E-state index in [4.69, 9.17) is 9.47 Å². The maximum absolute atomic E-state index is 14.0. The van der Waals surface area contributed by atoms with Crippen molar-refractivity contribution in [3.05, 3.63) is 29.8 Å². The van der Waals surface area contributed by atoms with Crippen LogP contribution in [0.4, 0.5) is 8.78 Å². The lowest BCUT2D eigenvalue weighted by molar-refractivity contribution is -0.134. The van der Waals surface area contributed by atoms with Crippen LogP contribution in [0.3, 0.4) is 0 Å². The van der Waals surface area contributed by atoms with Crippen LogP contribution in [-0.4, -0.2) is 59.9 Å². The lowest BCUT2D eigenvalue weighted by Crippen LogP contribution is -2.32. The van der Waals surface area contributed by atoms with Crippen molar-refractivity contribution in [3.63, 3.8) is 0 Å². The van der Waals surface area contributed by atoms with Crippen LogP contribution in [0.25, 0.3) is 11.0 Å². The molecule has 1 aliphatic rings. The molecule has 2 heterocycles. The van der Waals surface area contributed by atoms with Crippen molar-refractivity contribution >= 4 is 16.9 Å². The summed E-state index contributed by atoms with van der Waals surface area (Å²) in [6.45, 7) is 0.165. The molecule has 2 atom stereocenters. The molecule has 0 aliphatic carbocycles. The van der Waals surface area contributed by atoms with E-state index in [2.05, 4.69) is 9.97 Å². The van der Waals surface area contributed by atoms with Gasteiger partial charge in [0, 0.05) is 13.7 Å². The first-order valence-electron chi connectivity index (χ1n) is 7.23. The summed E-state index contributed by atoms with van der Waals surface area (Å²) in [5, 5.41) is 0. The van der Waals surface area contributed by atoms with E-state index in [-0.39, 0.29) is 38.0 Å². The van der Waals surface area contributed by atoms with Gasteiger partial charge in [0.2, 0.25) is 5.91 Å². The van der Waals surface area contributed by atoms with Gasteiger partial charge in [-0.3, -0.25) is 4.79 Å². The van der Waals surface area contributed by atoms with Crippen molar-refractivity contribution in [1.82, 2.24) is 14.9 Å². The first-order valence-corrected chi connectivity index (χ1v) is 7.23. The van der Waals surface area contributed by atoms with E-state index in [0.717, 1.165) is 0 Å². The fourth-order valence-electron chi connectivity index (χ4n) is 2.60. The summed E-state index contributed by atoms with van der Waals surface area (Å²) in [6.07, 6.45) is -1.96. The van der Waals surface area contributed by atoms with Crippen molar-refractivity contribution in [2.75, 3.05) is 26.8 Å². The first-order chi connectivity index (χ1) is 11.1. The molecule has 0 spiro atoms. The molecule has 6 nitrogen and oxygen atoms in total. The summed E-state index contributed by atoms with van der Waals surface area (Å²) < 4.78 is 37.4. The summed E-state index contributed by atoms with van der Waals surface area (Å²) in [5.74, 6) is -0.138. The number of nitrogens with zero attached hydrogens (tertiary/aromatic N) is 2. The van der Waals surface area contributed by atoms with Crippen molar-refractivity contribution in [2.45, 2.75) is 18.9 Å². The molecule has 0 saturated carbocycles. The summed E-state index contributed by atoms with van der Waals surface area (Å²) in [7, 11) is 1.42. The number of carbonyl (C=O) groups is 1. The van der Waals surface area contributed by atoms with Gasteiger partial charge in [-0.1, -0.05) is 0 Å². The van der Waals surface area contributed by atoms with Gasteiger partial charge in [-0.2, -0.15) is 0 Å². The zero-order valence-electron chi connectivity index (χ0n) is 12.6. The number of likely N-dealkylation sites (tertiary alicyclic amines) is 1. The fourth-order valence-corrected chi connectivity index (χ4v) is 2.60. The van der Waals surface area contributed by atoms with Crippen LogP contribution in [0.15, 0.2) is 18.2 Å². The van der Waals surface area contributed by atoms with Gasteiger partial charge in [-0.15, -0.1) is 0 Å². The topological polar surface area (TPSA) is 67.4 Å². The lowest BCUT2D eigenvalue weighted by Gasteiger charge is -2.15. The number of aromatic nitrogens is 2. The van der Waals surface area contributed by atoms with Gasteiger partial charge in [0.1, 0.15) is 37.1 Å². The highest BCUT2D eigenvalue weighted by Gasteiger charge is 2.36. The average Bonchev–Trinajstić information content (AvgIpc) is 3.08. The molecule has 1 aliphatic heterocycles. The summed E-state index contributed by atoms with van der Waals surface area (Å²) >= 11 is 0. The van der Waals surface area contributed by atoms with E-state index < -0.39 is 12.3 Å². The average molecular weight is 325 g/mol. The highest BCUT2D eigenvalue weighted by Crippen LogP contribution is 2.19. The second-order valence-electron chi connectivity index (χ2n) is 5.44. The number of alkyl halides is 1. The van der Waals surface area contributed by atoms with Crippen molar-refractivity contribution in [2.24, 2.45) is 0 Å². The smallest absolute Gasteiger partial charge is 0.248 e. The van der Waals surface area contributed by atoms with Gasteiger partial charge >= 0.3 is 0 Å². The van der Waals surface area contributed by atoms with E-state index in [1.165, 1.54) is 24.1 Å². The maximum atomic E-state index is 14.0. The Kier molecular flexibility index (Phi) is 4.53. The van der Waals surface area contributed by atoms with Gasteiger partial charge < -0.3 is 19.4 Å². The van der Waals surface area contributed by atoms with Crippen LogP contribution >= 0.6 is 0 Å². The normalized spacial score (nSPS) is 21.3. The quantitative estimate of drug-likeness (QED) is 0.903. The van der Waals surface area contributed by atoms with Crippen molar-refractivity contribution < 1.29 is 23.0 Å². The highest BCUT2D eigenvalue weighted by molar-refractivity contribution is 5.78. The van der Waals surface area contributed by atoms with Crippen LogP contribution < -0.4 is 0 Å². The van der Waals surface area contributed by atoms with Crippen LogP contribution in [0.2, 0.25) is 0 Å². The molecule has 1 saturated heterocycles. The summed E-state index contributed by atoms with van der Waals surface area (Å²) in [4.78, 5) is 20.3. The van der Waals surface area contributed by atoms with E-state index in [1.807, 2.05) is 0 Å². The zero-order valence-corrected chi connectivity index (χ0v) is 12.6. The zero-order chi connectivity index (χ0) is 16.4. The van der Waals surface area contributed by atoms with Crippen LogP contribution in [0.5, 0.6) is 0 Å². The number of ether oxygens (including phenoxy) is 2. The van der Waals surface area contributed by atoms with E-state index in [0.29, 0.717) is 16.9 Å². The standard InChI is InChI=1S/C15H17F2N3O3/c1-22-8-15(21)20-5-10(17)13(6-20)23-7-14-18-11-3-2-9(16)4-12(11)19-14/h2-4,10,13H,5-8H2,1H3,(H,18,19). The van der Waals surface area contributed by atoms with Crippen molar-refractivity contribution in [3.8, 4) is 0 Å². The summed E-state index contributed by atoms with van der Waals surface area (Å²) in [5.41, 5.74) is 1.17. The molecule has 1 aromatic heterocycles. The van der Waals surface area contributed by atoms with Crippen LogP contribution in [0.1, 0.15) is 5.82 Å². The molecule has 1 N–H and O–H groups in total. The first kappa shape index (κ1) is 15.8. The maximum Gasteiger partial charge on any atom is 0.248 e. The highest BCUT2D eigenvalue weighted by atomic mass is 19.1. The number of fused-ring (bicyclic) bond motifs is 1. The number of imidazole rings is 1. The molecule has 2 aromatic rings. The minimum atomic E-state index is -1.25. The fraction of sp³-hybridized carbons (Fsp3) is 0.467. The molecular weight excluding hydrogens is 308 g/mol. The van der Waals surface area contributed by atoms with Crippen LogP contribution in [-0.2, 0) is 20.9 Å². The Morgan fingerprint density at radius 3 is 3.09 bits per heavy atom. The Morgan fingerprint density at radius 1 is 1.48 bits per heavy atom. The van der Waals surface area contributed by atoms with E-state index in [9.17, 15) is 13.6 Å². The Morgan fingerprint density at radius 2 is 2.30 bits per heavy atom. The van der Waals surface area contributed by atoms with Gasteiger partial charge in [0.25, 0.3) is 0 Å². The Labute approximate surface area is 131 Å². The minimum Gasteiger partial charge on any atom is -0.375 e. The number of rotatable bonds is 5. The third kappa shape index (κ3) is 3.48. The number of amides is 1. The van der Waals surface area contributed by atoms with Crippen molar-refractivity contribution in [1.29, 1.82) is 0 Å². The molecule has 0 radical (unpaired) electrons. The number of halogens is 2. The molecule has 8 heteroatoms. The number of hydrogen-bond donors (Lipinski definition) is 1. The Balaban J connectivity index is 1.60. The SMILES string of the molecule is COCC(=O)N1CC(F)C(OCc2nc3ccc(F)cc3[nH]2)C1. The van der Waals surface area contributed by atoms with E-state index >= 15 is 0 Å². The molecule has 1 fully saturated rings. The predicted octanol–water partition coefficient (Wildman–Crippen LogP) is 1.41. The third-order valence-electron chi connectivity index (χ3n) is 3.75. The molecule has 1 amide bonds. The second kappa shape index (κ2) is 6.59. The molecule has 1 aromatic carbocycles. The van der Waals surface area contributed by atoms with Gasteiger partial charge in [-0.25, -0.2) is 13.8 Å². The third-order valence-corrected chi connectivity index (χ3v) is 3.75. The largest absolute Gasteiger partial charge is 0.375 e. The molecule has 124 valence electrons. The lowest BCUT2D eigenvalue weighted by atomic mass is 10.3. The molecule has 0 bridgehead atoms. The van der Waals surface area contributed by atoms with E-state index in [1.54, 1.807) is 6.07 Å². The number of hydrogen-bond acceptors (Lipinski definition) is 4. The molecular formula is C15H17F2N3O3. The Hall–Kier alpha value is -2.06. The number of methoxy groups -OCH3 is 1. The van der Waals surface area contributed by atoms with Gasteiger partial charge in [0.15, 0.2) is 0 Å². The number of benzene rings is 1. The second-order valence-corrected chi connectivity index (χ2v) is 5.44. The number of carbonyl (C=O) groups excluding carboxylic acids is 1. The molecule has 3 rings (SSSR count). The van der Waals surface area contributed by atoms with Crippen LogP contribution in [0, 0.1) is 5.82 Å². The van der Waals surface area contributed by atoms with Gasteiger partial charge in [-0.05, 0) is 18.2 Å². The molecule has 2 unspecified atom stereocenters. The number of aromatic amines is 1.